The third-order valence-electron chi connectivity index (χ3n) is 2.71. The van der Waals surface area contributed by atoms with E-state index in [1.807, 2.05) is 0 Å². The molecule has 1 aromatic carbocycles. The number of hydrogen-bond acceptors (Lipinski definition) is 6. The number of esters is 1. The van der Waals surface area contributed by atoms with E-state index in [9.17, 15) is 9.59 Å². The Bertz CT molecular complexity index is 697. The zero-order valence-electron chi connectivity index (χ0n) is 11.5. The van der Waals surface area contributed by atoms with E-state index in [2.05, 4.69) is 9.97 Å². The second-order valence-corrected chi connectivity index (χ2v) is 4.12. The van der Waals surface area contributed by atoms with Crippen LogP contribution in [0.4, 0.5) is 5.69 Å². The van der Waals surface area contributed by atoms with Gasteiger partial charge in [0.1, 0.15) is 6.61 Å². The van der Waals surface area contributed by atoms with Gasteiger partial charge in [-0.1, -0.05) is 18.2 Å². The molecule has 0 bridgehead atoms. The van der Waals surface area contributed by atoms with Gasteiger partial charge in [0.25, 0.3) is 5.56 Å². The summed E-state index contributed by atoms with van der Waals surface area (Å²) in [6.45, 7) is 1.89. The first-order valence-corrected chi connectivity index (χ1v) is 6.34. The molecule has 0 saturated carbocycles. The molecule has 0 aliphatic heterocycles. The molecule has 0 spiro atoms. The number of ether oxygens (including phenoxy) is 2. The van der Waals surface area contributed by atoms with Crippen molar-refractivity contribution in [1.29, 1.82) is 0 Å². The summed E-state index contributed by atoms with van der Waals surface area (Å²) in [4.78, 5) is 29.7. The van der Waals surface area contributed by atoms with Crippen molar-refractivity contribution in [3.8, 4) is 5.75 Å². The molecule has 0 unspecified atom stereocenters. The minimum Gasteiger partial charge on any atom is -0.481 e. The Kier molecular flexibility index (Phi) is 4.55. The number of hydrogen-bond donors (Lipinski definition) is 2. The summed E-state index contributed by atoms with van der Waals surface area (Å²) in [5, 5.41) is 0. The summed E-state index contributed by atoms with van der Waals surface area (Å²) in [5.74, 6) is -0.890. The molecule has 1 heterocycles. The number of nitrogens with one attached hydrogen (secondary N) is 1. The maximum atomic E-state index is 11.8. The number of carbonyl (C=O) groups excluding carboxylic acids is 1. The van der Waals surface area contributed by atoms with Crippen LogP contribution in [0.5, 0.6) is 5.75 Å². The van der Waals surface area contributed by atoms with Gasteiger partial charge < -0.3 is 20.2 Å². The van der Waals surface area contributed by atoms with Crippen LogP contribution in [0.15, 0.2) is 35.4 Å². The number of aromatic nitrogens is 2. The van der Waals surface area contributed by atoms with Crippen molar-refractivity contribution in [2.75, 3.05) is 12.3 Å². The number of carbonyl (C=O) groups is 1. The molecule has 0 saturated heterocycles. The fourth-order valence-electron chi connectivity index (χ4n) is 1.68. The highest BCUT2D eigenvalue weighted by molar-refractivity contribution is 5.90. The van der Waals surface area contributed by atoms with Gasteiger partial charge in [-0.3, -0.25) is 4.79 Å². The summed E-state index contributed by atoms with van der Waals surface area (Å²) < 4.78 is 10.3. The van der Waals surface area contributed by atoms with E-state index in [1.165, 1.54) is 0 Å². The van der Waals surface area contributed by atoms with Crippen molar-refractivity contribution in [3.63, 3.8) is 0 Å². The van der Waals surface area contributed by atoms with Gasteiger partial charge in [-0.2, -0.15) is 0 Å². The lowest BCUT2D eigenvalue weighted by Crippen LogP contribution is -2.19. The fourth-order valence-corrected chi connectivity index (χ4v) is 1.68. The Balaban J connectivity index is 2.25. The summed E-state index contributed by atoms with van der Waals surface area (Å²) >= 11 is 0. The molecule has 3 N–H and O–H groups in total. The van der Waals surface area contributed by atoms with Crippen LogP contribution in [0, 0.1) is 0 Å². The van der Waals surface area contributed by atoms with Gasteiger partial charge in [-0.15, -0.1) is 0 Å². The van der Waals surface area contributed by atoms with E-state index in [0.717, 1.165) is 6.33 Å². The van der Waals surface area contributed by atoms with Crippen LogP contribution in [0.2, 0.25) is 0 Å². The van der Waals surface area contributed by atoms with Crippen LogP contribution in [-0.4, -0.2) is 22.5 Å². The molecule has 0 aliphatic rings. The van der Waals surface area contributed by atoms with Crippen LogP contribution >= 0.6 is 0 Å². The largest absolute Gasteiger partial charge is 0.481 e. The number of aromatic amines is 1. The average Bonchev–Trinajstić information content (AvgIpc) is 2.47. The number of benzene rings is 1. The van der Waals surface area contributed by atoms with E-state index in [-0.39, 0.29) is 24.7 Å². The monoisotopic (exact) mass is 289 g/mol. The second-order valence-electron chi connectivity index (χ2n) is 4.12. The quantitative estimate of drug-likeness (QED) is 0.630. The topological polar surface area (TPSA) is 107 Å². The smallest absolute Gasteiger partial charge is 0.361 e. The normalized spacial score (nSPS) is 10.1. The number of nitrogen functional groups attached to an aromatic ring is 1. The summed E-state index contributed by atoms with van der Waals surface area (Å²) in [6, 6.07) is 7.08. The van der Waals surface area contributed by atoms with E-state index < -0.39 is 11.5 Å². The molecular formula is C14H15N3O4. The van der Waals surface area contributed by atoms with Crippen molar-refractivity contribution in [2.45, 2.75) is 13.5 Å². The molecule has 2 aromatic rings. The van der Waals surface area contributed by atoms with Crippen LogP contribution in [0.25, 0.3) is 0 Å². The van der Waals surface area contributed by atoms with Gasteiger partial charge in [-0.05, 0) is 13.0 Å². The first kappa shape index (κ1) is 14.6. The third kappa shape index (κ3) is 3.38. The van der Waals surface area contributed by atoms with E-state index >= 15 is 0 Å². The van der Waals surface area contributed by atoms with Gasteiger partial charge in [0, 0.05) is 11.3 Å². The lowest BCUT2D eigenvalue weighted by molar-refractivity contribution is 0.0513. The Morgan fingerprint density at radius 2 is 2.14 bits per heavy atom. The number of nitrogens with zero attached hydrogens (tertiary/aromatic N) is 1. The molecule has 1 aromatic heterocycles. The highest BCUT2D eigenvalue weighted by atomic mass is 16.5. The SMILES string of the molecule is CCOC(=O)c1nc[nH]c(=O)c1OCc1ccccc1N. The standard InChI is InChI=1S/C14H15N3O4/c1-2-20-14(19)11-12(13(18)17-8-16-11)21-7-9-5-3-4-6-10(9)15/h3-6,8H,2,7,15H2,1H3,(H,16,17,18). The van der Waals surface area contributed by atoms with E-state index in [1.54, 1.807) is 31.2 Å². The molecule has 7 heteroatoms. The van der Waals surface area contributed by atoms with Crippen molar-refractivity contribution in [3.05, 3.63) is 52.2 Å². The van der Waals surface area contributed by atoms with Crippen LogP contribution in [0.1, 0.15) is 23.0 Å². The Labute approximate surface area is 120 Å². The molecule has 0 atom stereocenters. The predicted molar refractivity (Wildman–Crippen MR) is 76.0 cm³/mol. The summed E-state index contributed by atoms with van der Waals surface area (Å²) in [6.07, 6.45) is 1.12. The Morgan fingerprint density at radius 1 is 1.38 bits per heavy atom. The molecule has 0 amide bonds. The van der Waals surface area contributed by atoms with E-state index in [0.29, 0.717) is 11.3 Å². The van der Waals surface area contributed by atoms with Gasteiger partial charge in [0.15, 0.2) is 5.69 Å². The first-order valence-electron chi connectivity index (χ1n) is 6.34. The lowest BCUT2D eigenvalue weighted by Gasteiger charge is -2.10. The molecule has 7 nitrogen and oxygen atoms in total. The summed E-state index contributed by atoms with van der Waals surface area (Å²) in [7, 11) is 0. The molecular weight excluding hydrogens is 274 g/mol. The fraction of sp³-hybridized carbons (Fsp3) is 0.214. The van der Waals surface area contributed by atoms with Crippen molar-refractivity contribution < 1.29 is 14.3 Å². The van der Waals surface area contributed by atoms with Crippen molar-refractivity contribution in [1.82, 2.24) is 9.97 Å². The molecule has 0 radical (unpaired) electrons. The van der Waals surface area contributed by atoms with Crippen LogP contribution in [0.3, 0.4) is 0 Å². The van der Waals surface area contributed by atoms with Crippen LogP contribution in [-0.2, 0) is 11.3 Å². The maximum Gasteiger partial charge on any atom is 0.361 e. The number of para-hydroxylation sites is 1. The van der Waals surface area contributed by atoms with Crippen molar-refractivity contribution in [2.24, 2.45) is 0 Å². The van der Waals surface area contributed by atoms with Crippen LogP contribution < -0.4 is 16.0 Å². The van der Waals surface area contributed by atoms with Gasteiger partial charge in [0.2, 0.25) is 5.75 Å². The zero-order chi connectivity index (χ0) is 15.2. The first-order chi connectivity index (χ1) is 10.1. The molecule has 21 heavy (non-hydrogen) atoms. The van der Waals surface area contributed by atoms with Gasteiger partial charge in [0.05, 0.1) is 12.9 Å². The molecule has 0 fully saturated rings. The second kappa shape index (κ2) is 6.56. The third-order valence-corrected chi connectivity index (χ3v) is 2.71. The van der Waals surface area contributed by atoms with Gasteiger partial charge >= 0.3 is 5.97 Å². The Morgan fingerprint density at radius 3 is 2.86 bits per heavy atom. The maximum absolute atomic E-state index is 11.8. The molecule has 2 rings (SSSR count). The minimum atomic E-state index is -0.709. The van der Waals surface area contributed by atoms with E-state index in [4.69, 9.17) is 15.2 Å². The number of H-pyrrole nitrogens is 1. The molecule has 110 valence electrons. The zero-order valence-corrected chi connectivity index (χ0v) is 11.5. The number of rotatable bonds is 5. The Hall–Kier alpha value is -2.83. The van der Waals surface area contributed by atoms with Gasteiger partial charge in [-0.25, -0.2) is 9.78 Å². The average molecular weight is 289 g/mol. The minimum absolute atomic E-state index is 0.0495. The highest BCUT2D eigenvalue weighted by Crippen LogP contribution is 2.16. The van der Waals surface area contributed by atoms with Crippen molar-refractivity contribution >= 4 is 11.7 Å². The lowest BCUT2D eigenvalue weighted by atomic mass is 10.2. The summed E-state index contributed by atoms with van der Waals surface area (Å²) in [5.41, 5.74) is 6.33. The number of nitrogens with two attached hydrogens (primary N) is 1. The number of anilines is 1. The molecule has 0 aliphatic carbocycles. The highest BCUT2D eigenvalue weighted by Gasteiger charge is 2.19. The predicted octanol–water partition coefficient (Wildman–Crippen LogP) is 1.11.